The van der Waals surface area contributed by atoms with E-state index in [1.54, 1.807) is 36.4 Å². The predicted octanol–water partition coefficient (Wildman–Crippen LogP) is 10.2. The van der Waals surface area contributed by atoms with Gasteiger partial charge >= 0.3 is 0 Å². The Morgan fingerprint density at radius 1 is 0.660 bits per heavy atom. The van der Waals surface area contributed by atoms with Gasteiger partial charge in [0.1, 0.15) is 11.4 Å². The zero-order chi connectivity index (χ0) is 33.5. The summed E-state index contributed by atoms with van der Waals surface area (Å²) in [6, 6.07) is 15.7. The van der Waals surface area contributed by atoms with Gasteiger partial charge in [0.25, 0.3) is 5.95 Å². The number of H-pyrrole nitrogens is 1. The van der Waals surface area contributed by atoms with Gasteiger partial charge in [-0.15, -0.1) is 15.3 Å². The Bertz CT molecular complexity index is 1920. The molecule has 0 fully saturated rings. The number of aliphatic imine (C=N–C) groups is 2. The smallest absolute Gasteiger partial charge is 0.269 e. The van der Waals surface area contributed by atoms with E-state index in [2.05, 4.69) is 45.6 Å². The van der Waals surface area contributed by atoms with Gasteiger partial charge in [-0.3, -0.25) is 0 Å². The summed E-state index contributed by atoms with van der Waals surface area (Å²) in [4.78, 5) is 12.6. The standard InChI is InChI=1S/C30H21Cl4N9O4/c1-46-25-11-19(38-40-23-5-3-17(31)9-21(23)33)7-15(27(25)44)13-35-29-37-30(43-42-29)36-14-16-8-20(12-26(47-2)28(16)45)39-41-24-6-4-18(32)10-22(24)34/h3-14,44-45H,1-2H3,(H,37,42,43)/b35-13+,36-14+,40-38?,41-39?. The fourth-order valence-corrected chi connectivity index (χ4v) is 4.71. The summed E-state index contributed by atoms with van der Waals surface area (Å²) in [5.74, 6) is -0.0233. The van der Waals surface area contributed by atoms with Gasteiger partial charge in [0.2, 0.25) is 5.95 Å². The van der Waals surface area contributed by atoms with E-state index in [0.29, 0.717) is 42.8 Å². The third-order valence-corrected chi connectivity index (χ3v) is 7.17. The van der Waals surface area contributed by atoms with Gasteiger partial charge in [-0.25, -0.2) is 15.1 Å². The quantitative estimate of drug-likeness (QED) is 0.0959. The molecule has 0 saturated heterocycles. The van der Waals surface area contributed by atoms with Crippen LogP contribution in [0.25, 0.3) is 0 Å². The van der Waals surface area contributed by atoms with Gasteiger partial charge in [0, 0.05) is 45.7 Å². The highest BCUT2D eigenvalue weighted by Gasteiger charge is 2.12. The van der Waals surface area contributed by atoms with Crippen molar-refractivity contribution in [2.45, 2.75) is 0 Å². The largest absolute Gasteiger partial charge is 0.504 e. The molecule has 3 N–H and O–H groups in total. The van der Waals surface area contributed by atoms with E-state index >= 15 is 0 Å². The number of hydrogen-bond donors (Lipinski definition) is 3. The van der Waals surface area contributed by atoms with Crippen molar-refractivity contribution in [3.05, 3.63) is 91.9 Å². The third-order valence-electron chi connectivity index (χ3n) is 6.09. The van der Waals surface area contributed by atoms with E-state index in [4.69, 9.17) is 55.9 Å². The average molecular weight is 713 g/mol. The normalized spacial score (nSPS) is 11.9. The molecule has 5 aromatic rings. The van der Waals surface area contributed by atoms with Gasteiger partial charge in [-0.2, -0.15) is 15.2 Å². The summed E-state index contributed by atoms with van der Waals surface area (Å²) in [5, 5.41) is 46.1. The lowest BCUT2D eigenvalue weighted by atomic mass is 10.1. The van der Waals surface area contributed by atoms with Crippen molar-refractivity contribution in [2.24, 2.45) is 30.4 Å². The number of aromatic amines is 1. The number of nitrogens with one attached hydrogen (secondary N) is 1. The number of methoxy groups -OCH3 is 2. The summed E-state index contributed by atoms with van der Waals surface area (Å²) in [7, 11) is 2.79. The number of nitrogens with zero attached hydrogens (tertiary/aromatic N) is 8. The number of rotatable bonds is 10. The number of benzene rings is 4. The SMILES string of the molecule is COc1cc(N=Nc2ccc(Cl)cc2Cl)cc(/C=N/c2n[nH]c(/N=C/c3cc(N=Nc4ccc(Cl)cc4Cl)cc(OC)c3O)n2)c1O. The molecule has 0 unspecified atom stereocenters. The summed E-state index contributed by atoms with van der Waals surface area (Å²) in [6.45, 7) is 0. The Balaban J connectivity index is 1.35. The van der Waals surface area contributed by atoms with Crippen molar-refractivity contribution in [2.75, 3.05) is 14.2 Å². The first-order valence-corrected chi connectivity index (χ1v) is 14.7. The van der Waals surface area contributed by atoms with Crippen molar-refractivity contribution >= 4 is 93.5 Å². The molecule has 4 aromatic carbocycles. The van der Waals surface area contributed by atoms with Crippen LogP contribution in [0.3, 0.4) is 0 Å². The minimum Gasteiger partial charge on any atom is -0.504 e. The Kier molecular flexibility index (Phi) is 10.6. The minimum atomic E-state index is -0.187. The highest BCUT2D eigenvalue weighted by molar-refractivity contribution is 6.36. The summed E-state index contributed by atoms with van der Waals surface area (Å²) in [5.41, 5.74) is 2.00. The van der Waals surface area contributed by atoms with Crippen molar-refractivity contribution in [3.8, 4) is 23.0 Å². The zero-order valence-corrected chi connectivity index (χ0v) is 27.3. The molecule has 13 nitrogen and oxygen atoms in total. The van der Waals surface area contributed by atoms with Crippen LogP contribution in [0.4, 0.5) is 34.6 Å². The zero-order valence-electron chi connectivity index (χ0n) is 24.2. The highest BCUT2D eigenvalue weighted by atomic mass is 35.5. The van der Waals surface area contributed by atoms with Crippen LogP contribution in [0.5, 0.6) is 23.0 Å². The van der Waals surface area contributed by atoms with E-state index in [1.165, 1.54) is 50.9 Å². The van der Waals surface area contributed by atoms with Crippen LogP contribution in [0.2, 0.25) is 20.1 Å². The van der Waals surface area contributed by atoms with E-state index in [0.717, 1.165) is 0 Å². The number of halogens is 4. The van der Waals surface area contributed by atoms with E-state index < -0.39 is 0 Å². The van der Waals surface area contributed by atoms with Gasteiger partial charge in [-0.05, 0) is 48.5 Å². The molecule has 0 aliphatic heterocycles. The number of ether oxygens (including phenoxy) is 2. The lowest BCUT2D eigenvalue weighted by Crippen LogP contribution is -1.89. The first-order chi connectivity index (χ1) is 22.6. The lowest BCUT2D eigenvalue weighted by molar-refractivity contribution is 0.373. The second kappa shape index (κ2) is 15.0. The molecule has 1 aromatic heterocycles. The fraction of sp³-hybridized carbons (Fsp3) is 0.0667. The molecule has 17 heteroatoms. The van der Waals surface area contributed by atoms with Crippen LogP contribution in [-0.2, 0) is 0 Å². The van der Waals surface area contributed by atoms with Crippen molar-refractivity contribution in [1.29, 1.82) is 0 Å². The Morgan fingerprint density at radius 3 is 1.62 bits per heavy atom. The molecule has 0 aliphatic carbocycles. The molecule has 0 bridgehead atoms. The molecular weight excluding hydrogens is 692 g/mol. The van der Waals surface area contributed by atoms with Crippen molar-refractivity contribution in [3.63, 3.8) is 0 Å². The second-order valence-corrected chi connectivity index (χ2v) is 10.9. The van der Waals surface area contributed by atoms with E-state index in [1.807, 2.05) is 0 Å². The van der Waals surface area contributed by atoms with Gasteiger partial charge < -0.3 is 19.7 Å². The van der Waals surface area contributed by atoms with Crippen LogP contribution in [-0.4, -0.2) is 52.0 Å². The number of aromatic nitrogens is 3. The molecule has 47 heavy (non-hydrogen) atoms. The average Bonchev–Trinajstić information content (AvgIpc) is 3.51. The molecule has 0 radical (unpaired) electrons. The number of aromatic hydroxyl groups is 2. The van der Waals surface area contributed by atoms with Crippen LogP contribution < -0.4 is 9.47 Å². The van der Waals surface area contributed by atoms with E-state index in [9.17, 15) is 10.2 Å². The van der Waals surface area contributed by atoms with Crippen LogP contribution in [0, 0.1) is 0 Å². The summed E-state index contributed by atoms with van der Waals surface area (Å²) >= 11 is 24.2. The number of azo groups is 2. The van der Waals surface area contributed by atoms with E-state index in [-0.39, 0.29) is 46.0 Å². The molecule has 1 heterocycles. The highest BCUT2D eigenvalue weighted by Crippen LogP contribution is 2.37. The molecule has 0 atom stereocenters. The van der Waals surface area contributed by atoms with Gasteiger partial charge in [0.15, 0.2) is 23.0 Å². The number of phenolic OH excluding ortho intramolecular Hbond substituents is 2. The topological polar surface area (TPSA) is 175 Å². The predicted molar refractivity (Wildman–Crippen MR) is 181 cm³/mol. The van der Waals surface area contributed by atoms with Gasteiger partial charge in [0.05, 0.1) is 35.6 Å². The third kappa shape index (κ3) is 8.40. The maximum absolute atomic E-state index is 10.6. The molecule has 0 aliphatic rings. The maximum Gasteiger partial charge on any atom is 0.269 e. The van der Waals surface area contributed by atoms with Crippen LogP contribution in [0.15, 0.2) is 91.1 Å². The minimum absolute atomic E-state index is 0.000288. The van der Waals surface area contributed by atoms with Gasteiger partial charge in [-0.1, -0.05) is 46.4 Å². The molecule has 5 rings (SSSR count). The molecular formula is C30H21Cl4N9O4. The van der Waals surface area contributed by atoms with Crippen LogP contribution in [0.1, 0.15) is 11.1 Å². The Morgan fingerprint density at radius 2 is 1.15 bits per heavy atom. The molecule has 238 valence electrons. The first kappa shape index (κ1) is 33.3. The second-order valence-electron chi connectivity index (χ2n) is 9.24. The number of hydrogen-bond acceptors (Lipinski definition) is 12. The van der Waals surface area contributed by atoms with Crippen LogP contribution >= 0.6 is 46.4 Å². The van der Waals surface area contributed by atoms with Crippen molar-refractivity contribution < 1.29 is 19.7 Å². The fourth-order valence-electron chi connectivity index (χ4n) is 3.82. The molecule has 0 saturated carbocycles. The molecule has 0 spiro atoms. The summed E-state index contributed by atoms with van der Waals surface area (Å²) in [6.07, 6.45) is 2.65. The Labute approximate surface area is 286 Å². The summed E-state index contributed by atoms with van der Waals surface area (Å²) < 4.78 is 10.5. The lowest BCUT2D eigenvalue weighted by Gasteiger charge is -2.07. The maximum atomic E-state index is 10.6. The Hall–Kier alpha value is -5.08. The monoisotopic (exact) mass is 711 g/mol. The van der Waals surface area contributed by atoms with Crippen molar-refractivity contribution in [1.82, 2.24) is 15.2 Å². The first-order valence-electron chi connectivity index (χ1n) is 13.2. The number of phenols is 2. The molecule has 0 amide bonds.